The molecule has 1 rings (SSSR count). The third-order valence-corrected chi connectivity index (χ3v) is 2.47. The van der Waals surface area contributed by atoms with Crippen molar-refractivity contribution >= 4 is 11.9 Å². The van der Waals surface area contributed by atoms with Crippen LogP contribution in [0.2, 0.25) is 0 Å². The van der Waals surface area contributed by atoms with E-state index >= 15 is 0 Å². The van der Waals surface area contributed by atoms with Crippen molar-refractivity contribution in [3.8, 4) is 0 Å². The zero-order valence-electron chi connectivity index (χ0n) is 9.76. The fraction of sp³-hybridized carbons (Fsp3) is 0.462. The molecule has 0 saturated heterocycles. The van der Waals surface area contributed by atoms with Crippen LogP contribution in [0.1, 0.15) is 43.4 Å². The van der Waals surface area contributed by atoms with Gasteiger partial charge in [-0.25, -0.2) is 0 Å². The lowest BCUT2D eigenvalue weighted by atomic mass is 9.95. The normalized spacial score (nSPS) is 11.6. The van der Waals surface area contributed by atoms with Crippen LogP contribution in [0.4, 0.5) is 5.69 Å². The Hall–Kier alpha value is -1.11. The summed E-state index contributed by atoms with van der Waals surface area (Å²) in [6, 6.07) is 4.42. The fourth-order valence-corrected chi connectivity index (χ4v) is 1.72. The number of benzene rings is 1. The minimum atomic E-state index is 0.591. The predicted molar refractivity (Wildman–Crippen MR) is 63.8 cm³/mol. The quantitative estimate of drug-likeness (QED) is 0.620. The number of aryl methyl sites for hydroxylation is 2. The molecule has 0 aliphatic carbocycles. The molecule has 14 heavy (non-hydrogen) atoms. The van der Waals surface area contributed by atoms with Crippen LogP contribution in [-0.4, -0.2) is 6.21 Å². The second-order valence-electron chi connectivity index (χ2n) is 4.04. The van der Waals surface area contributed by atoms with Gasteiger partial charge >= 0.3 is 0 Å². The van der Waals surface area contributed by atoms with Crippen LogP contribution in [0.5, 0.6) is 0 Å². The Morgan fingerprint density at radius 3 is 2.29 bits per heavy atom. The van der Waals surface area contributed by atoms with E-state index in [2.05, 4.69) is 44.8 Å². The Morgan fingerprint density at radius 1 is 1.14 bits per heavy atom. The Balaban J connectivity index is 3.23. The minimum absolute atomic E-state index is 0.591. The van der Waals surface area contributed by atoms with Gasteiger partial charge in [0, 0.05) is 6.21 Å². The molecule has 0 radical (unpaired) electrons. The molecule has 1 aromatic carbocycles. The van der Waals surface area contributed by atoms with Crippen molar-refractivity contribution in [2.45, 2.75) is 40.5 Å². The highest BCUT2D eigenvalue weighted by molar-refractivity contribution is 5.63. The third-order valence-electron chi connectivity index (χ3n) is 2.47. The first-order valence-corrected chi connectivity index (χ1v) is 5.16. The standard InChI is InChI=1S/C13H19N/c1-6-14-13-8-10(4)12(9(2)3)7-11(13)5/h6-9H,1-5H3. The van der Waals surface area contributed by atoms with E-state index in [1.807, 2.05) is 13.1 Å². The Morgan fingerprint density at radius 2 is 1.79 bits per heavy atom. The maximum absolute atomic E-state index is 4.34. The van der Waals surface area contributed by atoms with Crippen LogP contribution in [-0.2, 0) is 0 Å². The Kier molecular flexibility index (Phi) is 3.45. The molecule has 0 bridgehead atoms. The van der Waals surface area contributed by atoms with Gasteiger partial charge in [-0.1, -0.05) is 19.9 Å². The summed E-state index contributed by atoms with van der Waals surface area (Å²) in [7, 11) is 0. The van der Waals surface area contributed by atoms with Gasteiger partial charge in [0.2, 0.25) is 0 Å². The van der Waals surface area contributed by atoms with Gasteiger partial charge in [0.25, 0.3) is 0 Å². The molecule has 0 aliphatic heterocycles. The summed E-state index contributed by atoms with van der Waals surface area (Å²) in [6.07, 6.45) is 1.84. The molecule has 0 aromatic heterocycles. The molecule has 0 spiro atoms. The summed E-state index contributed by atoms with van der Waals surface area (Å²) < 4.78 is 0. The second kappa shape index (κ2) is 4.41. The number of hydrogen-bond acceptors (Lipinski definition) is 1. The maximum atomic E-state index is 4.34. The third kappa shape index (κ3) is 2.22. The van der Waals surface area contributed by atoms with Crippen LogP contribution >= 0.6 is 0 Å². The lowest BCUT2D eigenvalue weighted by Gasteiger charge is -2.12. The molecule has 0 saturated carbocycles. The molecule has 0 fully saturated rings. The van der Waals surface area contributed by atoms with Crippen molar-refractivity contribution in [1.82, 2.24) is 0 Å². The molecule has 0 amide bonds. The Labute approximate surface area is 86.9 Å². The molecule has 0 heterocycles. The van der Waals surface area contributed by atoms with E-state index < -0.39 is 0 Å². The van der Waals surface area contributed by atoms with Gasteiger partial charge in [0.05, 0.1) is 5.69 Å². The number of aliphatic imine (C=N–C) groups is 1. The zero-order chi connectivity index (χ0) is 10.7. The predicted octanol–water partition coefficient (Wildman–Crippen LogP) is 4.15. The Bertz CT molecular complexity index is 348. The molecule has 0 unspecified atom stereocenters. The van der Waals surface area contributed by atoms with E-state index in [9.17, 15) is 0 Å². The molecular weight excluding hydrogens is 170 g/mol. The zero-order valence-corrected chi connectivity index (χ0v) is 9.76. The summed E-state index contributed by atoms with van der Waals surface area (Å²) >= 11 is 0. The summed E-state index contributed by atoms with van der Waals surface area (Å²) in [4.78, 5) is 4.34. The molecule has 1 nitrogen and oxygen atoms in total. The van der Waals surface area contributed by atoms with Crippen molar-refractivity contribution < 1.29 is 0 Å². The van der Waals surface area contributed by atoms with Crippen molar-refractivity contribution in [3.05, 3.63) is 28.8 Å². The van der Waals surface area contributed by atoms with E-state index in [-0.39, 0.29) is 0 Å². The first kappa shape index (κ1) is 11.0. The molecule has 1 heteroatoms. The van der Waals surface area contributed by atoms with Crippen molar-refractivity contribution in [2.24, 2.45) is 4.99 Å². The summed E-state index contributed by atoms with van der Waals surface area (Å²) in [5.41, 5.74) is 5.12. The lowest BCUT2D eigenvalue weighted by molar-refractivity contribution is 0.855. The minimum Gasteiger partial charge on any atom is -0.261 e. The van der Waals surface area contributed by atoms with Crippen LogP contribution in [0.25, 0.3) is 0 Å². The first-order valence-electron chi connectivity index (χ1n) is 5.16. The highest BCUT2D eigenvalue weighted by atomic mass is 14.7. The summed E-state index contributed by atoms with van der Waals surface area (Å²) in [5, 5.41) is 0. The van der Waals surface area contributed by atoms with Crippen LogP contribution in [0.15, 0.2) is 17.1 Å². The highest BCUT2D eigenvalue weighted by Crippen LogP contribution is 2.27. The van der Waals surface area contributed by atoms with Crippen molar-refractivity contribution in [1.29, 1.82) is 0 Å². The average Bonchev–Trinajstić information content (AvgIpc) is 2.10. The SMILES string of the molecule is CC=Nc1cc(C)c(C(C)C)cc1C. The van der Waals surface area contributed by atoms with Crippen molar-refractivity contribution in [2.75, 3.05) is 0 Å². The van der Waals surface area contributed by atoms with Gasteiger partial charge in [-0.2, -0.15) is 0 Å². The topological polar surface area (TPSA) is 12.4 Å². The molecule has 76 valence electrons. The van der Waals surface area contributed by atoms with Crippen molar-refractivity contribution in [3.63, 3.8) is 0 Å². The molecule has 0 atom stereocenters. The van der Waals surface area contributed by atoms with Gasteiger partial charge in [-0.3, -0.25) is 4.99 Å². The fourth-order valence-electron chi connectivity index (χ4n) is 1.72. The van der Waals surface area contributed by atoms with Gasteiger partial charge in [-0.05, 0) is 49.4 Å². The monoisotopic (exact) mass is 189 g/mol. The summed E-state index contributed by atoms with van der Waals surface area (Å²) in [5.74, 6) is 0.591. The largest absolute Gasteiger partial charge is 0.261 e. The van der Waals surface area contributed by atoms with Gasteiger partial charge < -0.3 is 0 Å². The molecule has 1 aromatic rings. The maximum Gasteiger partial charge on any atom is 0.0657 e. The molecular formula is C13H19N. The first-order chi connectivity index (χ1) is 6.56. The molecule has 0 N–H and O–H groups in total. The van der Waals surface area contributed by atoms with E-state index in [4.69, 9.17) is 0 Å². The highest BCUT2D eigenvalue weighted by Gasteiger charge is 2.06. The van der Waals surface area contributed by atoms with Gasteiger partial charge in [0.1, 0.15) is 0 Å². The van der Waals surface area contributed by atoms with E-state index in [1.165, 1.54) is 16.7 Å². The summed E-state index contributed by atoms with van der Waals surface area (Å²) in [6.45, 7) is 10.7. The van der Waals surface area contributed by atoms with E-state index in [1.54, 1.807) is 0 Å². The van der Waals surface area contributed by atoms with Crippen LogP contribution in [0.3, 0.4) is 0 Å². The van der Waals surface area contributed by atoms with Gasteiger partial charge in [-0.15, -0.1) is 0 Å². The lowest BCUT2D eigenvalue weighted by Crippen LogP contribution is -1.93. The van der Waals surface area contributed by atoms with Gasteiger partial charge in [0.15, 0.2) is 0 Å². The smallest absolute Gasteiger partial charge is 0.0657 e. The van der Waals surface area contributed by atoms with Crippen LogP contribution < -0.4 is 0 Å². The average molecular weight is 189 g/mol. The van der Waals surface area contributed by atoms with E-state index in [0.717, 1.165) is 5.69 Å². The number of nitrogens with zero attached hydrogens (tertiary/aromatic N) is 1. The number of rotatable bonds is 2. The molecule has 0 aliphatic rings. The van der Waals surface area contributed by atoms with E-state index in [0.29, 0.717) is 5.92 Å². The second-order valence-corrected chi connectivity index (χ2v) is 4.04. The van der Waals surface area contributed by atoms with Crippen LogP contribution in [0, 0.1) is 13.8 Å². The number of hydrogen-bond donors (Lipinski definition) is 0.